The molecule has 0 saturated heterocycles. The van der Waals surface area contributed by atoms with Crippen molar-refractivity contribution in [2.75, 3.05) is 6.61 Å². The number of aromatic nitrogens is 2. The first-order valence-corrected chi connectivity index (χ1v) is 8.05. The molecule has 0 aliphatic heterocycles. The van der Waals surface area contributed by atoms with Crippen LogP contribution in [0, 0.1) is 5.92 Å². The van der Waals surface area contributed by atoms with Crippen LogP contribution in [0.5, 0.6) is 0 Å². The molecule has 2 rings (SSSR count). The Morgan fingerprint density at radius 3 is 3.12 bits per heavy atom. The van der Waals surface area contributed by atoms with Gasteiger partial charge in [-0.3, -0.25) is 0 Å². The molecule has 1 fully saturated rings. The summed E-state index contributed by atoms with van der Waals surface area (Å²) in [5, 5.41) is 0. The van der Waals surface area contributed by atoms with Gasteiger partial charge in [0, 0.05) is 0 Å². The summed E-state index contributed by atoms with van der Waals surface area (Å²) < 4.78 is 7.35. The van der Waals surface area contributed by atoms with Crippen molar-refractivity contribution in [1.82, 2.24) is 7.36 Å². The maximum atomic E-state index is 11.8. The fraction of sp³-hybridized carbons (Fsp3) is 0.667. The van der Waals surface area contributed by atoms with Crippen LogP contribution in [-0.4, -0.2) is 46.0 Å². The van der Waals surface area contributed by atoms with Crippen LogP contribution in [-0.2, 0) is 14.9 Å². The molecule has 5 heteroatoms. The molecule has 1 saturated carbocycles. The summed E-state index contributed by atoms with van der Waals surface area (Å²) in [7, 11) is 0. The Morgan fingerprint density at radius 1 is 1.76 bits per heavy atom. The number of hydrogen-bond acceptors (Lipinski definition) is 3. The summed E-state index contributed by atoms with van der Waals surface area (Å²) in [4.78, 5) is 16.2. The van der Waals surface area contributed by atoms with E-state index in [4.69, 9.17) is 4.74 Å². The molecule has 1 unspecified atom stereocenters. The fourth-order valence-corrected chi connectivity index (χ4v) is 2.85. The van der Waals surface area contributed by atoms with Gasteiger partial charge in [-0.2, -0.15) is 0 Å². The van der Waals surface area contributed by atoms with E-state index < -0.39 is 0 Å². The van der Waals surface area contributed by atoms with Crippen LogP contribution in [0.1, 0.15) is 38.8 Å². The number of unbranched alkanes of at least 4 members (excludes halogenated alkanes) is 1. The van der Waals surface area contributed by atoms with E-state index in [1.807, 2.05) is 6.33 Å². The van der Waals surface area contributed by atoms with E-state index >= 15 is 0 Å². The van der Waals surface area contributed by atoms with Gasteiger partial charge >= 0.3 is 118 Å². The zero-order chi connectivity index (χ0) is 12.5. The molecule has 1 aliphatic rings. The summed E-state index contributed by atoms with van der Waals surface area (Å²) in [6.45, 7) is 4.75. The number of imidazole rings is 1. The van der Waals surface area contributed by atoms with Crippen molar-refractivity contribution in [1.29, 1.82) is 0 Å². The third-order valence-electron chi connectivity index (χ3n) is 3.45. The number of nitrogens with zero attached hydrogens (tertiary/aromatic N) is 2. The van der Waals surface area contributed by atoms with Crippen molar-refractivity contribution in [2.24, 2.45) is 5.92 Å². The molecule has 2 atom stereocenters. The Kier molecular flexibility index (Phi) is 3.89. The van der Waals surface area contributed by atoms with Crippen molar-refractivity contribution >= 4 is 32.0 Å². The van der Waals surface area contributed by atoms with Gasteiger partial charge in [-0.15, -0.1) is 0 Å². The minimum absolute atomic E-state index is 0.0132. The van der Waals surface area contributed by atoms with Gasteiger partial charge in [-0.05, 0) is 0 Å². The van der Waals surface area contributed by atoms with Crippen LogP contribution < -0.4 is 0 Å². The van der Waals surface area contributed by atoms with Crippen molar-refractivity contribution < 1.29 is 9.53 Å². The summed E-state index contributed by atoms with van der Waals surface area (Å²) >= 11 is 0.735. The number of rotatable bonds is 5. The van der Waals surface area contributed by atoms with E-state index in [-0.39, 0.29) is 17.3 Å². The van der Waals surface area contributed by atoms with E-state index in [2.05, 4.69) is 27.4 Å². The third kappa shape index (κ3) is 2.72. The van der Waals surface area contributed by atoms with Crippen molar-refractivity contribution in [3.63, 3.8) is 0 Å². The minimum atomic E-state index is -0.0799. The Hall–Kier alpha value is -0.398. The molecule has 0 bridgehead atoms. The summed E-state index contributed by atoms with van der Waals surface area (Å²) in [6.07, 6.45) is 6.79. The second-order valence-electron chi connectivity index (χ2n) is 4.90. The molecule has 0 aromatic carbocycles. The second kappa shape index (κ2) is 5.08. The number of carbonyl (C=O) groups is 1. The van der Waals surface area contributed by atoms with Gasteiger partial charge in [0.15, 0.2) is 0 Å². The van der Waals surface area contributed by atoms with Crippen LogP contribution in [0.25, 0.3) is 0 Å². The number of esters is 1. The SMILES string of the molecule is CCCCOC(=O)C1C[C@@]1(C)c1c[n]([Tl])cn1. The number of ether oxygens (including phenoxy) is 1. The van der Waals surface area contributed by atoms with E-state index in [1.54, 1.807) is 0 Å². The third-order valence-corrected chi connectivity index (χ3v) is 4.55. The molecular formula is C12H17N2O2Tl. The normalized spacial score (nSPS) is 26.8. The molecule has 1 aromatic heterocycles. The van der Waals surface area contributed by atoms with Gasteiger partial charge < -0.3 is 0 Å². The van der Waals surface area contributed by atoms with Crippen molar-refractivity contribution in [3.8, 4) is 0 Å². The fourth-order valence-electron chi connectivity index (χ4n) is 2.04. The van der Waals surface area contributed by atoms with Crippen molar-refractivity contribution in [3.05, 3.63) is 18.2 Å². The number of carbonyl (C=O) groups excluding carboxylic acids is 1. The van der Waals surface area contributed by atoms with E-state index in [9.17, 15) is 4.79 Å². The topological polar surface area (TPSA) is 44.1 Å². The van der Waals surface area contributed by atoms with Gasteiger partial charge in [0.1, 0.15) is 0 Å². The predicted molar refractivity (Wildman–Crippen MR) is 64.7 cm³/mol. The molecule has 90 valence electrons. The van der Waals surface area contributed by atoms with E-state index in [1.165, 1.54) is 0 Å². The first kappa shape index (κ1) is 13.0. The van der Waals surface area contributed by atoms with E-state index in [0.717, 1.165) is 51.0 Å². The zero-order valence-corrected chi connectivity index (χ0v) is 14.8. The maximum absolute atomic E-state index is 11.8. The average molecular weight is 426 g/mol. The van der Waals surface area contributed by atoms with Gasteiger partial charge in [0.2, 0.25) is 0 Å². The van der Waals surface area contributed by atoms with Crippen LogP contribution >= 0.6 is 0 Å². The van der Waals surface area contributed by atoms with Crippen LogP contribution in [0.4, 0.5) is 0 Å². The second-order valence-corrected chi connectivity index (χ2v) is 7.22. The van der Waals surface area contributed by atoms with Crippen LogP contribution in [0.2, 0.25) is 0 Å². The molecule has 0 N–H and O–H groups in total. The standard InChI is InChI=1S/C12H17N2O2.Tl/c1-3-4-5-16-11(15)9-6-12(9,2)10-7-13-8-14-10;/h7-9H,3-6H2,1-2H3;/q-1;+1/t9?,12-;/m1./s1. The molecule has 0 radical (unpaired) electrons. The molecule has 1 aromatic rings. The molecule has 1 aliphatic carbocycles. The van der Waals surface area contributed by atoms with Gasteiger partial charge in [-0.25, -0.2) is 0 Å². The molecule has 4 nitrogen and oxygen atoms in total. The molecule has 0 spiro atoms. The quantitative estimate of drug-likeness (QED) is 0.407. The van der Waals surface area contributed by atoms with Gasteiger partial charge in [-0.1, -0.05) is 0 Å². The van der Waals surface area contributed by atoms with Gasteiger partial charge in [0.05, 0.1) is 0 Å². The first-order chi connectivity index (χ1) is 8.08. The van der Waals surface area contributed by atoms with Crippen LogP contribution in [0.15, 0.2) is 12.5 Å². The molecule has 17 heavy (non-hydrogen) atoms. The van der Waals surface area contributed by atoms with Gasteiger partial charge in [0.25, 0.3) is 0 Å². The monoisotopic (exact) mass is 426 g/mol. The Bertz CT molecular complexity index is 418. The summed E-state index contributed by atoms with van der Waals surface area (Å²) in [5.41, 5.74) is 0.959. The molecule has 1 heterocycles. The van der Waals surface area contributed by atoms with E-state index in [0.29, 0.717) is 6.61 Å². The van der Waals surface area contributed by atoms with Crippen molar-refractivity contribution in [2.45, 2.75) is 38.5 Å². The summed E-state index contributed by atoms with van der Waals surface area (Å²) in [5.74, 6) is -0.0365. The first-order valence-electron chi connectivity index (χ1n) is 6.04. The Morgan fingerprint density at radius 2 is 2.53 bits per heavy atom. The average Bonchev–Trinajstić information content (AvgIpc) is 2.79. The predicted octanol–water partition coefficient (Wildman–Crippen LogP) is 1.44. The zero-order valence-electron chi connectivity index (χ0n) is 10.3. The Labute approximate surface area is 118 Å². The number of hydrogen-bond donors (Lipinski definition) is 0. The van der Waals surface area contributed by atoms with Crippen LogP contribution in [0.3, 0.4) is 0 Å². The molecular weight excluding hydrogens is 409 g/mol. The Balaban J connectivity index is 1.92. The molecule has 0 amide bonds. The summed E-state index contributed by atoms with van der Waals surface area (Å²) in [6, 6.07) is 0.